The third-order valence-electron chi connectivity index (χ3n) is 5.30. The van der Waals surface area contributed by atoms with E-state index in [2.05, 4.69) is 5.32 Å². The number of carbonyl (C=O) groups is 3. The van der Waals surface area contributed by atoms with Gasteiger partial charge < -0.3 is 9.47 Å². The standard InChI is InChI=1S/C23H31N3O6.C2H6/c1-23(2,3)32-20(28)11-13-31-12-5-6-15-7-8-16-18(14-15)25(4)22(30)26(16)17-9-10-19(27)24-21(17)29;1-2/h7-8,14,17H,5-6,9-13H2,1-4H3,(H,24,27,29);1-2H3. The van der Waals surface area contributed by atoms with Crippen LogP contribution >= 0.6 is 0 Å². The van der Waals surface area contributed by atoms with Gasteiger partial charge in [-0.15, -0.1) is 0 Å². The average Bonchev–Trinajstić information content (AvgIpc) is 3.01. The van der Waals surface area contributed by atoms with Crippen LogP contribution in [0.1, 0.15) is 71.9 Å². The van der Waals surface area contributed by atoms with E-state index in [1.54, 1.807) is 7.05 Å². The number of imidazole rings is 1. The first-order valence-corrected chi connectivity index (χ1v) is 11.9. The minimum absolute atomic E-state index is 0.214. The second kappa shape index (κ2) is 12.0. The molecule has 3 rings (SSSR count). The van der Waals surface area contributed by atoms with Gasteiger partial charge in [-0.2, -0.15) is 0 Å². The number of piperidine rings is 1. The summed E-state index contributed by atoms with van der Waals surface area (Å²) in [4.78, 5) is 48.2. The SMILES string of the molecule is CC.Cn1c(=O)n(C2CCC(=O)NC2=O)c2ccc(CCCOCCC(=O)OC(C)(C)C)cc21. The van der Waals surface area contributed by atoms with Gasteiger partial charge >= 0.3 is 11.7 Å². The molecule has 1 atom stereocenters. The van der Waals surface area contributed by atoms with E-state index < -0.39 is 17.6 Å². The van der Waals surface area contributed by atoms with E-state index in [0.717, 1.165) is 23.9 Å². The van der Waals surface area contributed by atoms with Gasteiger partial charge in [0.2, 0.25) is 11.8 Å². The molecule has 1 fully saturated rings. The van der Waals surface area contributed by atoms with Crippen LogP contribution in [0.15, 0.2) is 23.0 Å². The van der Waals surface area contributed by atoms with Gasteiger partial charge in [-0.25, -0.2) is 4.79 Å². The van der Waals surface area contributed by atoms with Crippen molar-refractivity contribution in [2.75, 3.05) is 13.2 Å². The second-order valence-corrected chi connectivity index (χ2v) is 9.05. The predicted octanol–water partition coefficient (Wildman–Crippen LogP) is 3.02. The summed E-state index contributed by atoms with van der Waals surface area (Å²) < 4.78 is 13.8. The molecule has 0 aliphatic carbocycles. The summed E-state index contributed by atoms with van der Waals surface area (Å²) in [5.41, 5.74) is 1.68. The smallest absolute Gasteiger partial charge is 0.329 e. The van der Waals surface area contributed by atoms with E-state index in [1.807, 2.05) is 52.8 Å². The van der Waals surface area contributed by atoms with Gasteiger partial charge in [-0.05, 0) is 57.7 Å². The molecule has 0 bridgehead atoms. The summed E-state index contributed by atoms with van der Waals surface area (Å²) in [5.74, 6) is -1.03. The molecule has 34 heavy (non-hydrogen) atoms. The van der Waals surface area contributed by atoms with Crippen LogP contribution in [0.25, 0.3) is 11.0 Å². The van der Waals surface area contributed by atoms with Gasteiger partial charge in [0, 0.05) is 20.1 Å². The Hall–Kier alpha value is -2.94. The molecule has 0 spiro atoms. The first-order valence-electron chi connectivity index (χ1n) is 11.9. The van der Waals surface area contributed by atoms with E-state index in [0.29, 0.717) is 25.2 Å². The molecule has 2 aromatic rings. The molecule has 2 heterocycles. The number of nitrogens with one attached hydrogen (secondary N) is 1. The number of nitrogens with zero attached hydrogens (tertiary/aromatic N) is 2. The number of fused-ring (bicyclic) bond motifs is 1. The zero-order valence-corrected chi connectivity index (χ0v) is 21.1. The first kappa shape index (κ1) is 27.3. The van der Waals surface area contributed by atoms with Gasteiger partial charge in [0.25, 0.3) is 0 Å². The lowest BCUT2D eigenvalue weighted by molar-refractivity contribution is -0.156. The highest BCUT2D eigenvalue weighted by Crippen LogP contribution is 2.24. The molecule has 1 aliphatic rings. The highest BCUT2D eigenvalue weighted by Gasteiger charge is 2.31. The number of aromatic nitrogens is 2. The van der Waals surface area contributed by atoms with Crippen molar-refractivity contribution in [2.24, 2.45) is 7.05 Å². The fourth-order valence-electron chi connectivity index (χ4n) is 3.82. The van der Waals surface area contributed by atoms with Crippen molar-refractivity contribution in [1.82, 2.24) is 14.5 Å². The molecule has 1 saturated heterocycles. The number of rotatable bonds is 8. The molecule has 1 aliphatic heterocycles. The maximum absolute atomic E-state index is 12.8. The summed E-state index contributed by atoms with van der Waals surface area (Å²) in [5, 5.41) is 2.31. The van der Waals surface area contributed by atoms with Crippen LogP contribution in [0.4, 0.5) is 0 Å². The van der Waals surface area contributed by atoms with Crippen LogP contribution in [0.3, 0.4) is 0 Å². The summed E-state index contributed by atoms with van der Waals surface area (Å²) in [6.45, 7) is 10.3. The number of aryl methyl sites for hydroxylation is 2. The van der Waals surface area contributed by atoms with Crippen LogP contribution in [0.2, 0.25) is 0 Å². The predicted molar refractivity (Wildman–Crippen MR) is 130 cm³/mol. The Bertz CT molecular complexity index is 1080. The second-order valence-electron chi connectivity index (χ2n) is 9.05. The van der Waals surface area contributed by atoms with Crippen molar-refractivity contribution in [3.8, 4) is 0 Å². The molecule has 9 nitrogen and oxygen atoms in total. The number of carbonyl (C=O) groups excluding carboxylic acids is 3. The summed E-state index contributed by atoms with van der Waals surface area (Å²) in [6.07, 6.45) is 2.26. The quantitative estimate of drug-likeness (QED) is 0.357. The zero-order chi connectivity index (χ0) is 25.5. The van der Waals surface area contributed by atoms with Gasteiger partial charge in [-0.3, -0.25) is 28.8 Å². The maximum Gasteiger partial charge on any atom is 0.329 e. The van der Waals surface area contributed by atoms with Crippen LogP contribution in [0.5, 0.6) is 0 Å². The minimum Gasteiger partial charge on any atom is -0.460 e. The van der Waals surface area contributed by atoms with Gasteiger partial charge in [0.05, 0.1) is 24.1 Å². The normalized spacial score (nSPS) is 16.1. The average molecular weight is 476 g/mol. The monoisotopic (exact) mass is 475 g/mol. The van der Waals surface area contributed by atoms with Crippen molar-refractivity contribution in [2.45, 2.75) is 78.4 Å². The molecule has 1 N–H and O–H groups in total. The fourth-order valence-corrected chi connectivity index (χ4v) is 3.82. The number of amides is 2. The third kappa shape index (κ3) is 7.03. The van der Waals surface area contributed by atoms with E-state index >= 15 is 0 Å². The van der Waals surface area contributed by atoms with Crippen LogP contribution in [-0.2, 0) is 37.3 Å². The highest BCUT2D eigenvalue weighted by atomic mass is 16.6. The summed E-state index contributed by atoms with van der Waals surface area (Å²) in [7, 11) is 1.68. The molecular weight excluding hydrogens is 438 g/mol. The highest BCUT2D eigenvalue weighted by molar-refractivity contribution is 6.00. The number of imide groups is 1. The Morgan fingerprint density at radius 1 is 1.12 bits per heavy atom. The zero-order valence-electron chi connectivity index (χ0n) is 21.1. The Labute approximate surface area is 200 Å². The molecule has 0 radical (unpaired) electrons. The van der Waals surface area contributed by atoms with E-state index in [1.165, 1.54) is 9.13 Å². The molecule has 1 unspecified atom stereocenters. The number of benzene rings is 1. The number of hydrogen-bond acceptors (Lipinski definition) is 6. The Balaban J connectivity index is 0.00000199. The van der Waals surface area contributed by atoms with Crippen LogP contribution in [-0.4, -0.2) is 45.7 Å². The summed E-state index contributed by atoms with van der Waals surface area (Å²) in [6, 6.07) is 5.04. The van der Waals surface area contributed by atoms with Crippen LogP contribution < -0.4 is 11.0 Å². The third-order valence-corrected chi connectivity index (χ3v) is 5.30. The molecule has 1 aromatic carbocycles. The first-order chi connectivity index (χ1) is 16.1. The lowest BCUT2D eigenvalue weighted by Crippen LogP contribution is -2.44. The Morgan fingerprint density at radius 2 is 1.82 bits per heavy atom. The Kier molecular flexibility index (Phi) is 9.61. The summed E-state index contributed by atoms with van der Waals surface area (Å²) >= 11 is 0. The molecule has 188 valence electrons. The molecular formula is C25H37N3O6. The van der Waals surface area contributed by atoms with Gasteiger partial charge in [0.1, 0.15) is 11.6 Å². The topological polar surface area (TPSA) is 109 Å². The maximum atomic E-state index is 12.8. The van der Waals surface area contributed by atoms with E-state index in [4.69, 9.17) is 9.47 Å². The van der Waals surface area contributed by atoms with Crippen molar-refractivity contribution in [3.63, 3.8) is 0 Å². The van der Waals surface area contributed by atoms with Crippen LogP contribution in [0, 0.1) is 0 Å². The Morgan fingerprint density at radius 3 is 2.47 bits per heavy atom. The van der Waals surface area contributed by atoms with E-state index in [9.17, 15) is 19.2 Å². The van der Waals surface area contributed by atoms with Crippen molar-refractivity contribution >= 4 is 28.8 Å². The van der Waals surface area contributed by atoms with E-state index in [-0.39, 0.29) is 30.4 Å². The fraction of sp³-hybridized carbons (Fsp3) is 0.600. The van der Waals surface area contributed by atoms with Gasteiger partial charge in [0.15, 0.2) is 0 Å². The molecule has 1 aromatic heterocycles. The lowest BCUT2D eigenvalue weighted by atomic mass is 10.1. The van der Waals surface area contributed by atoms with Crippen molar-refractivity contribution < 1.29 is 23.9 Å². The van der Waals surface area contributed by atoms with Crippen molar-refractivity contribution in [3.05, 3.63) is 34.2 Å². The molecule has 0 saturated carbocycles. The molecule has 9 heteroatoms. The lowest BCUT2D eigenvalue weighted by Gasteiger charge is -2.21. The van der Waals surface area contributed by atoms with Crippen molar-refractivity contribution in [1.29, 1.82) is 0 Å². The van der Waals surface area contributed by atoms with Gasteiger partial charge in [-0.1, -0.05) is 19.9 Å². The number of hydrogen-bond donors (Lipinski definition) is 1. The largest absolute Gasteiger partial charge is 0.460 e. The minimum atomic E-state index is -0.687. The number of esters is 1. The number of ether oxygens (including phenoxy) is 2. The molecule has 2 amide bonds.